The molecule has 4 heteroatoms. The molecule has 1 unspecified atom stereocenters. The molecule has 0 aliphatic heterocycles. The second-order valence-electron chi connectivity index (χ2n) is 9.38. The molecule has 0 bridgehead atoms. The Morgan fingerprint density at radius 1 is 1.23 bits per heavy atom. The average Bonchev–Trinajstić information content (AvgIpc) is 2.90. The maximum absolute atomic E-state index is 14.2. The van der Waals surface area contributed by atoms with Crippen molar-refractivity contribution in [1.29, 1.82) is 0 Å². The van der Waals surface area contributed by atoms with Gasteiger partial charge < -0.3 is 0 Å². The number of allylic oxidation sites excluding steroid dienone is 3. The Labute approximate surface area is 160 Å². The van der Waals surface area contributed by atoms with Crippen molar-refractivity contribution in [2.75, 3.05) is 0 Å². The van der Waals surface area contributed by atoms with Crippen molar-refractivity contribution >= 4 is 28.6 Å². The minimum absolute atomic E-state index is 0.00949. The highest BCUT2D eigenvalue weighted by Crippen LogP contribution is 2.67. The van der Waals surface area contributed by atoms with Gasteiger partial charge in [0.15, 0.2) is 5.78 Å². The number of carbonyl (C=O) groups is 2. The summed E-state index contributed by atoms with van der Waals surface area (Å²) in [5.41, 5.74) is 1.11. The Morgan fingerprint density at radius 3 is 2.58 bits per heavy atom. The van der Waals surface area contributed by atoms with Crippen LogP contribution in [0.15, 0.2) is 23.6 Å². The second kappa shape index (κ2) is 5.67. The van der Waals surface area contributed by atoms with Gasteiger partial charge >= 0.3 is 0 Å². The Morgan fingerprint density at radius 2 is 1.92 bits per heavy atom. The topological polar surface area (TPSA) is 34.1 Å². The van der Waals surface area contributed by atoms with Crippen LogP contribution in [0.4, 0.5) is 4.39 Å². The monoisotopic (exact) mass is 374 g/mol. The van der Waals surface area contributed by atoms with E-state index in [0.717, 1.165) is 24.8 Å². The number of thiocarbonyl (C=S) groups is 1. The van der Waals surface area contributed by atoms with Crippen LogP contribution in [0.25, 0.3) is 0 Å². The second-order valence-corrected chi connectivity index (χ2v) is 9.82. The normalized spacial score (nSPS) is 49.6. The smallest absolute Gasteiger partial charge is 0.193 e. The SMILES string of the molecule is CC1=CC(=O)C(=S)C2C(=CF)[C@@H](C)[C@@H]3[C@H](CC[C@]4(C)C(=O)CC[C@@H]34)[C@@]12C. The summed E-state index contributed by atoms with van der Waals surface area (Å²) in [6, 6.07) is 0. The molecule has 4 aliphatic carbocycles. The summed E-state index contributed by atoms with van der Waals surface area (Å²) >= 11 is 5.52. The van der Waals surface area contributed by atoms with Crippen molar-refractivity contribution in [2.24, 2.45) is 40.4 Å². The van der Waals surface area contributed by atoms with Crippen LogP contribution in [0, 0.1) is 40.4 Å². The summed E-state index contributed by atoms with van der Waals surface area (Å²) in [6.07, 6.45) is 5.79. The molecule has 0 aromatic rings. The largest absolute Gasteiger partial charge is 0.299 e. The van der Waals surface area contributed by atoms with E-state index in [1.807, 2.05) is 6.92 Å². The number of halogens is 1. The summed E-state index contributed by atoms with van der Waals surface area (Å²) in [4.78, 5) is 25.4. The van der Waals surface area contributed by atoms with Crippen LogP contribution in [0.1, 0.15) is 53.4 Å². The van der Waals surface area contributed by atoms with Crippen molar-refractivity contribution in [1.82, 2.24) is 0 Å². The number of hydrogen-bond acceptors (Lipinski definition) is 3. The molecule has 7 atom stereocenters. The van der Waals surface area contributed by atoms with Gasteiger partial charge in [-0.1, -0.05) is 38.6 Å². The van der Waals surface area contributed by atoms with Crippen LogP contribution in [-0.2, 0) is 9.59 Å². The van der Waals surface area contributed by atoms with Gasteiger partial charge in [0, 0.05) is 23.2 Å². The Balaban J connectivity index is 1.90. The zero-order chi connectivity index (χ0) is 19.0. The minimum Gasteiger partial charge on any atom is -0.299 e. The molecule has 3 fully saturated rings. The number of rotatable bonds is 0. The maximum Gasteiger partial charge on any atom is 0.193 e. The van der Waals surface area contributed by atoms with Crippen molar-refractivity contribution in [3.05, 3.63) is 23.6 Å². The van der Waals surface area contributed by atoms with Crippen molar-refractivity contribution < 1.29 is 14.0 Å². The molecule has 0 amide bonds. The van der Waals surface area contributed by atoms with Gasteiger partial charge in [0.05, 0.1) is 11.2 Å². The van der Waals surface area contributed by atoms with Crippen molar-refractivity contribution in [3.63, 3.8) is 0 Å². The third kappa shape index (κ3) is 2.00. The minimum atomic E-state index is -0.326. The Kier molecular flexibility index (Phi) is 3.97. The van der Waals surface area contributed by atoms with Gasteiger partial charge in [-0.2, -0.15) is 0 Å². The fourth-order valence-electron chi connectivity index (χ4n) is 7.08. The number of fused-ring (bicyclic) bond motifs is 5. The van der Waals surface area contributed by atoms with E-state index in [1.165, 1.54) is 0 Å². The highest BCUT2D eigenvalue weighted by molar-refractivity contribution is 7.82. The summed E-state index contributed by atoms with van der Waals surface area (Å²) in [6.45, 7) is 8.39. The molecule has 0 spiro atoms. The maximum atomic E-state index is 14.2. The van der Waals surface area contributed by atoms with Crippen LogP contribution < -0.4 is 0 Å². The van der Waals surface area contributed by atoms with E-state index in [2.05, 4.69) is 20.8 Å². The lowest BCUT2D eigenvalue weighted by atomic mass is 9.42. The van der Waals surface area contributed by atoms with E-state index in [0.29, 0.717) is 40.8 Å². The molecule has 2 nitrogen and oxygen atoms in total. The first-order valence-corrected chi connectivity index (χ1v) is 10.2. The molecule has 4 aliphatic rings. The fraction of sp³-hybridized carbons (Fsp3) is 0.682. The lowest BCUT2D eigenvalue weighted by Crippen LogP contribution is -2.59. The number of hydrogen-bond donors (Lipinski definition) is 0. The van der Waals surface area contributed by atoms with Gasteiger partial charge in [-0.25, -0.2) is 4.39 Å². The first-order valence-electron chi connectivity index (χ1n) is 9.78. The van der Waals surface area contributed by atoms with E-state index >= 15 is 0 Å². The highest BCUT2D eigenvalue weighted by Gasteiger charge is 2.64. The summed E-state index contributed by atoms with van der Waals surface area (Å²) in [5, 5.41) is 0. The van der Waals surface area contributed by atoms with Crippen LogP contribution in [0.5, 0.6) is 0 Å². The zero-order valence-electron chi connectivity index (χ0n) is 16.0. The van der Waals surface area contributed by atoms with Gasteiger partial charge in [-0.15, -0.1) is 0 Å². The first-order chi connectivity index (χ1) is 12.2. The molecule has 0 heterocycles. The molecule has 0 aromatic carbocycles. The molecule has 3 saturated carbocycles. The Hall–Kier alpha value is -1.16. The van der Waals surface area contributed by atoms with Gasteiger partial charge in [-0.05, 0) is 61.5 Å². The third-order valence-corrected chi connectivity index (χ3v) is 9.11. The van der Waals surface area contributed by atoms with Gasteiger partial charge in [0.25, 0.3) is 0 Å². The van der Waals surface area contributed by atoms with Crippen molar-refractivity contribution in [3.8, 4) is 0 Å². The predicted molar refractivity (Wildman–Crippen MR) is 103 cm³/mol. The molecule has 4 rings (SSSR count). The van der Waals surface area contributed by atoms with Crippen LogP contribution >= 0.6 is 12.2 Å². The number of Topliss-reactive ketones (excluding diaryl/α,β-unsaturated/α-hetero) is 1. The predicted octanol–water partition coefficient (Wildman–Crippen LogP) is 5.02. The van der Waals surface area contributed by atoms with E-state index in [-0.39, 0.29) is 34.4 Å². The van der Waals surface area contributed by atoms with Gasteiger partial charge in [-0.3, -0.25) is 9.59 Å². The molecule has 0 radical (unpaired) electrons. The van der Waals surface area contributed by atoms with Gasteiger partial charge in [0.1, 0.15) is 5.78 Å². The van der Waals surface area contributed by atoms with E-state index < -0.39 is 0 Å². The van der Waals surface area contributed by atoms with Crippen molar-refractivity contribution in [2.45, 2.75) is 53.4 Å². The molecule has 0 saturated heterocycles. The average molecular weight is 375 g/mol. The first kappa shape index (κ1) is 18.2. The van der Waals surface area contributed by atoms with Crippen LogP contribution in [-0.4, -0.2) is 16.4 Å². The molecule has 0 aromatic heterocycles. The Bertz CT molecular complexity index is 781. The zero-order valence-corrected chi connectivity index (χ0v) is 16.8. The summed E-state index contributed by atoms with van der Waals surface area (Å²) in [7, 11) is 0. The van der Waals surface area contributed by atoms with E-state index in [4.69, 9.17) is 12.2 Å². The van der Waals surface area contributed by atoms with E-state index in [9.17, 15) is 14.0 Å². The van der Waals surface area contributed by atoms with Crippen LogP contribution in [0.3, 0.4) is 0 Å². The van der Waals surface area contributed by atoms with E-state index in [1.54, 1.807) is 6.08 Å². The molecule has 140 valence electrons. The number of carbonyl (C=O) groups excluding carboxylic acids is 2. The third-order valence-electron chi connectivity index (χ3n) is 8.68. The molecule has 0 N–H and O–H groups in total. The quantitative estimate of drug-likeness (QED) is 0.558. The summed E-state index contributed by atoms with van der Waals surface area (Å²) in [5.74, 6) is 0.832. The molecular weight excluding hydrogens is 347 g/mol. The van der Waals surface area contributed by atoms with Gasteiger partial charge in [0.2, 0.25) is 0 Å². The summed E-state index contributed by atoms with van der Waals surface area (Å²) < 4.78 is 14.2. The lowest BCUT2D eigenvalue weighted by Gasteiger charge is -2.61. The van der Waals surface area contributed by atoms with Crippen LogP contribution in [0.2, 0.25) is 0 Å². The standard InChI is InChI=1S/C22H27FO2S/c1-11-9-16(24)20(26)19-13(10-23)12(2)18-14-5-6-17(25)21(14,3)8-7-15(18)22(11,19)4/h9-10,12,14-15,18-19H,5-8H2,1-4H3/t12-,14+,15+,18+,19?,21+,22-/m1/s1. The lowest BCUT2D eigenvalue weighted by molar-refractivity contribution is -0.134. The fourth-order valence-corrected chi connectivity index (χ4v) is 7.52. The molecule has 26 heavy (non-hydrogen) atoms. The highest BCUT2D eigenvalue weighted by atomic mass is 32.1. The molecular formula is C22H27FO2S. The number of ketones is 2.